The molecule has 6 rings (SSSR count). The Hall–Kier alpha value is -4.35. The zero-order valence-corrected chi connectivity index (χ0v) is 27.8. The van der Waals surface area contributed by atoms with Gasteiger partial charge >= 0.3 is 5.30 Å². The second-order valence-electron chi connectivity index (χ2n) is 11.5. The van der Waals surface area contributed by atoms with Crippen LogP contribution in [-0.4, -0.2) is 47.6 Å². The van der Waals surface area contributed by atoms with Gasteiger partial charge in [-0.05, 0) is 34.4 Å². The van der Waals surface area contributed by atoms with Gasteiger partial charge in [0.05, 0.1) is 33.0 Å². The Morgan fingerprint density at radius 2 is 1.04 bits per heavy atom. The molecule has 1 saturated heterocycles. The number of benzene rings is 4. The number of pyridine rings is 1. The maximum absolute atomic E-state index is 13.3. The highest BCUT2D eigenvalue weighted by molar-refractivity contribution is 8.13. The van der Waals surface area contributed by atoms with Crippen molar-refractivity contribution in [1.82, 2.24) is 4.98 Å². The zero-order valence-electron chi connectivity index (χ0n) is 27.0. The van der Waals surface area contributed by atoms with E-state index < -0.39 is 36.0 Å². The number of carbonyl (C=O) groups excluding carboxylic acids is 1. The summed E-state index contributed by atoms with van der Waals surface area (Å²) in [7, 11) is 0. The Labute approximate surface area is 291 Å². The summed E-state index contributed by atoms with van der Waals surface area (Å²) in [6, 6.07) is 44.9. The number of nitrogens with zero attached hydrogens (tertiary/aromatic N) is 1. The lowest BCUT2D eigenvalue weighted by Crippen LogP contribution is -2.62. The Kier molecular flexibility index (Phi) is 13.0. The average Bonchev–Trinajstić information content (AvgIpc) is 3.15. The fraction of sp³-hybridized carbons (Fsp3) is 0.250. The molecule has 1 aliphatic rings. The number of ether oxygens (including phenoxy) is 6. The monoisotopic (exact) mass is 677 g/mol. The molecule has 2 heterocycles. The van der Waals surface area contributed by atoms with Crippen molar-refractivity contribution in [3.63, 3.8) is 0 Å². The Morgan fingerprint density at radius 3 is 1.55 bits per heavy atom. The van der Waals surface area contributed by atoms with Crippen molar-refractivity contribution >= 4 is 17.1 Å². The normalized spacial score (nSPS) is 20.4. The Morgan fingerprint density at radius 1 is 0.571 bits per heavy atom. The molecule has 1 aliphatic heterocycles. The van der Waals surface area contributed by atoms with Crippen LogP contribution in [0.4, 0.5) is 4.79 Å². The van der Waals surface area contributed by atoms with Crippen LogP contribution in [0.1, 0.15) is 22.3 Å². The predicted octanol–water partition coefficient (Wildman–Crippen LogP) is 8.01. The van der Waals surface area contributed by atoms with Crippen LogP contribution in [0.3, 0.4) is 0 Å². The molecule has 1 aromatic heterocycles. The first-order chi connectivity index (χ1) is 24.2. The van der Waals surface area contributed by atoms with E-state index in [0.29, 0.717) is 18.2 Å². The molecule has 9 heteroatoms. The summed E-state index contributed by atoms with van der Waals surface area (Å²) in [5.74, 6) is 0. The minimum absolute atomic E-state index is 0.159. The van der Waals surface area contributed by atoms with Crippen LogP contribution >= 0.6 is 11.8 Å². The van der Waals surface area contributed by atoms with E-state index in [2.05, 4.69) is 4.98 Å². The van der Waals surface area contributed by atoms with Gasteiger partial charge in [0, 0.05) is 18.0 Å². The van der Waals surface area contributed by atoms with E-state index in [4.69, 9.17) is 28.4 Å². The Balaban J connectivity index is 1.30. The van der Waals surface area contributed by atoms with Crippen molar-refractivity contribution in [3.05, 3.63) is 168 Å². The molecule has 8 nitrogen and oxygen atoms in total. The Bertz CT molecular complexity index is 1670. The molecule has 4 aromatic carbocycles. The first-order valence-corrected chi connectivity index (χ1v) is 17.1. The van der Waals surface area contributed by atoms with Gasteiger partial charge in [0.2, 0.25) is 6.29 Å². The maximum Gasteiger partial charge on any atom is 0.376 e. The number of hydrogen-bond acceptors (Lipinski definition) is 9. The third-order valence-electron chi connectivity index (χ3n) is 7.88. The molecular weight excluding hydrogens is 639 g/mol. The van der Waals surface area contributed by atoms with Gasteiger partial charge in [0.25, 0.3) is 0 Å². The average molecular weight is 678 g/mol. The molecule has 0 N–H and O–H groups in total. The number of rotatable bonds is 15. The summed E-state index contributed by atoms with van der Waals surface area (Å²) in [5.41, 5.74) is 3.95. The molecule has 49 heavy (non-hydrogen) atoms. The van der Waals surface area contributed by atoms with E-state index in [1.165, 1.54) is 0 Å². The lowest BCUT2D eigenvalue weighted by molar-refractivity contribution is -0.314. The van der Waals surface area contributed by atoms with Crippen LogP contribution in [0, 0.1) is 0 Å². The summed E-state index contributed by atoms with van der Waals surface area (Å²) in [5, 5.41) is -0.0693. The standard InChI is InChI=1S/C40H39NO7S/c42-40(49-35-23-13-14-24-41-35)48-39-38(46-28-33-21-11-4-12-22-33)37(45-27-32-19-9-3-10-20-32)36(44-26-31-17-7-2-8-18-31)34(47-39)29-43-25-30-15-5-1-6-16-30/h1-24,34,36-39H,25-29H2/t34-,36-,37+,38-,39+/m1/s1. The molecule has 0 aliphatic carbocycles. The zero-order chi connectivity index (χ0) is 33.5. The molecule has 252 valence electrons. The predicted molar refractivity (Wildman–Crippen MR) is 186 cm³/mol. The molecule has 1 fully saturated rings. The molecule has 0 unspecified atom stereocenters. The van der Waals surface area contributed by atoms with E-state index in [0.717, 1.165) is 34.0 Å². The van der Waals surface area contributed by atoms with Crippen molar-refractivity contribution in [2.75, 3.05) is 6.61 Å². The first kappa shape index (κ1) is 34.5. The molecule has 0 spiro atoms. The molecule has 5 aromatic rings. The number of carbonyl (C=O) groups is 1. The third kappa shape index (κ3) is 10.6. The van der Waals surface area contributed by atoms with Crippen LogP contribution < -0.4 is 0 Å². The minimum atomic E-state index is -1.13. The van der Waals surface area contributed by atoms with Gasteiger partial charge in [-0.1, -0.05) is 127 Å². The highest BCUT2D eigenvalue weighted by atomic mass is 32.2. The third-order valence-corrected chi connectivity index (χ3v) is 8.59. The second-order valence-corrected chi connectivity index (χ2v) is 12.4. The van der Waals surface area contributed by atoms with E-state index in [1.807, 2.05) is 127 Å². The highest BCUT2D eigenvalue weighted by Gasteiger charge is 2.50. The summed E-state index contributed by atoms with van der Waals surface area (Å²) in [6.45, 7) is 1.35. The van der Waals surface area contributed by atoms with Gasteiger partial charge < -0.3 is 28.4 Å². The van der Waals surface area contributed by atoms with Crippen LogP contribution in [0.25, 0.3) is 0 Å². The molecule has 0 amide bonds. The van der Waals surface area contributed by atoms with Gasteiger partial charge in [-0.25, -0.2) is 9.78 Å². The lowest BCUT2D eigenvalue weighted by atomic mass is 9.97. The second kappa shape index (κ2) is 18.4. The SMILES string of the molecule is O=C(O[C@@H]1O[C@H](COCc2ccccc2)[C@@H](OCc2ccccc2)[C@H](OCc2ccccc2)[C@H]1OCc1ccccc1)Sc1ccccn1. The van der Waals surface area contributed by atoms with Gasteiger partial charge in [-0.3, -0.25) is 0 Å². The molecule has 5 atom stereocenters. The van der Waals surface area contributed by atoms with Gasteiger partial charge in [-0.2, -0.15) is 0 Å². The van der Waals surface area contributed by atoms with Gasteiger partial charge in [0.15, 0.2) is 0 Å². The van der Waals surface area contributed by atoms with Crippen LogP contribution in [-0.2, 0) is 54.8 Å². The molecule has 0 bridgehead atoms. The van der Waals surface area contributed by atoms with Crippen molar-refractivity contribution in [3.8, 4) is 0 Å². The van der Waals surface area contributed by atoms with Crippen LogP contribution in [0.15, 0.2) is 151 Å². The van der Waals surface area contributed by atoms with Crippen molar-refractivity contribution < 1.29 is 33.2 Å². The highest BCUT2D eigenvalue weighted by Crippen LogP contribution is 2.33. The van der Waals surface area contributed by atoms with Gasteiger partial charge in [-0.15, -0.1) is 0 Å². The van der Waals surface area contributed by atoms with Crippen LogP contribution in [0.5, 0.6) is 0 Å². The maximum atomic E-state index is 13.3. The van der Waals surface area contributed by atoms with Crippen molar-refractivity contribution in [2.24, 2.45) is 0 Å². The van der Waals surface area contributed by atoms with E-state index in [9.17, 15) is 4.79 Å². The van der Waals surface area contributed by atoms with E-state index in [1.54, 1.807) is 18.3 Å². The van der Waals surface area contributed by atoms with Crippen molar-refractivity contribution in [2.45, 2.75) is 62.2 Å². The minimum Gasteiger partial charge on any atom is -0.424 e. The molecular formula is C40H39NO7S. The largest absolute Gasteiger partial charge is 0.424 e. The number of hydrogen-bond donors (Lipinski definition) is 0. The number of aromatic nitrogens is 1. The fourth-order valence-electron chi connectivity index (χ4n) is 5.45. The smallest absolute Gasteiger partial charge is 0.376 e. The summed E-state index contributed by atoms with van der Waals surface area (Å²) in [6.07, 6.45) is -2.36. The lowest BCUT2D eigenvalue weighted by Gasteiger charge is -2.45. The van der Waals surface area contributed by atoms with E-state index in [-0.39, 0.29) is 19.8 Å². The quantitative estimate of drug-likeness (QED) is 0.0808. The first-order valence-electron chi connectivity index (χ1n) is 16.2. The molecule has 0 radical (unpaired) electrons. The van der Waals surface area contributed by atoms with E-state index >= 15 is 0 Å². The van der Waals surface area contributed by atoms with Gasteiger partial charge in [0.1, 0.15) is 29.4 Å². The van der Waals surface area contributed by atoms with Crippen molar-refractivity contribution in [1.29, 1.82) is 0 Å². The molecule has 0 saturated carbocycles. The van der Waals surface area contributed by atoms with Crippen LogP contribution in [0.2, 0.25) is 0 Å². The summed E-state index contributed by atoms with van der Waals surface area (Å²) >= 11 is 0.879. The topological polar surface area (TPSA) is 85.3 Å². The summed E-state index contributed by atoms with van der Waals surface area (Å²) < 4.78 is 38.7. The summed E-state index contributed by atoms with van der Waals surface area (Å²) in [4.78, 5) is 17.6. The number of thioether (sulfide) groups is 1. The fourth-order valence-corrected chi connectivity index (χ4v) is 6.03.